The fourth-order valence-corrected chi connectivity index (χ4v) is 4.24. The van der Waals surface area contributed by atoms with Crippen molar-refractivity contribution >= 4 is 0 Å². The van der Waals surface area contributed by atoms with Crippen LogP contribution in [0.3, 0.4) is 0 Å². The van der Waals surface area contributed by atoms with E-state index in [2.05, 4.69) is 4.98 Å². The summed E-state index contributed by atoms with van der Waals surface area (Å²) in [5, 5.41) is 4.75. The van der Waals surface area contributed by atoms with Gasteiger partial charge in [0.1, 0.15) is 11.5 Å². The van der Waals surface area contributed by atoms with Gasteiger partial charge in [0.15, 0.2) is 11.6 Å². The van der Waals surface area contributed by atoms with Gasteiger partial charge >= 0.3 is 0 Å². The average Bonchev–Trinajstić information content (AvgIpc) is 3.57. The predicted octanol–water partition coefficient (Wildman–Crippen LogP) is 7.54. The second kappa shape index (κ2) is 9.07. The van der Waals surface area contributed by atoms with Crippen molar-refractivity contribution in [2.75, 3.05) is 0 Å². The standard InChI is InChI=1S/C30H20F2N4/c31-25-17-16-22(18-26(25)32)27-24(19-36(35-27)23-14-8-3-9-15-23)30-33-28(20-10-4-1-5-11-20)29(34-30)21-12-6-2-7-13-21/h1-19H,(H,33,34). The molecule has 6 rings (SSSR count). The molecule has 0 aliphatic rings. The summed E-state index contributed by atoms with van der Waals surface area (Å²) >= 11 is 0. The lowest BCUT2D eigenvalue weighted by atomic mass is 10.1. The van der Waals surface area contributed by atoms with Crippen LogP contribution in [0.5, 0.6) is 0 Å². The normalized spacial score (nSPS) is 11.1. The molecule has 4 nitrogen and oxygen atoms in total. The first-order valence-corrected chi connectivity index (χ1v) is 11.5. The van der Waals surface area contributed by atoms with Crippen molar-refractivity contribution in [1.29, 1.82) is 0 Å². The zero-order valence-corrected chi connectivity index (χ0v) is 19.1. The average molecular weight is 475 g/mol. The van der Waals surface area contributed by atoms with Gasteiger partial charge in [-0.25, -0.2) is 18.4 Å². The molecule has 0 atom stereocenters. The third kappa shape index (κ3) is 3.99. The van der Waals surface area contributed by atoms with Crippen LogP contribution in [0.1, 0.15) is 0 Å². The lowest BCUT2D eigenvalue weighted by Crippen LogP contribution is -1.94. The molecule has 4 aromatic carbocycles. The molecule has 0 spiro atoms. The Bertz CT molecular complexity index is 1580. The third-order valence-corrected chi connectivity index (χ3v) is 6.00. The molecule has 36 heavy (non-hydrogen) atoms. The topological polar surface area (TPSA) is 46.5 Å². The summed E-state index contributed by atoms with van der Waals surface area (Å²) in [4.78, 5) is 8.47. The maximum Gasteiger partial charge on any atom is 0.159 e. The van der Waals surface area contributed by atoms with Gasteiger partial charge in [0.25, 0.3) is 0 Å². The molecule has 0 aliphatic carbocycles. The molecule has 174 valence electrons. The Morgan fingerprint density at radius 2 is 1.25 bits per heavy atom. The van der Waals surface area contributed by atoms with Crippen LogP contribution in [-0.4, -0.2) is 19.7 Å². The first-order chi connectivity index (χ1) is 17.7. The summed E-state index contributed by atoms with van der Waals surface area (Å²) in [6.45, 7) is 0. The minimum Gasteiger partial charge on any atom is -0.337 e. The number of aromatic nitrogens is 4. The number of benzene rings is 4. The van der Waals surface area contributed by atoms with Gasteiger partial charge in [-0.05, 0) is 30.3 Å². The van der Waals surface area contributed by atoms with Crippen molar-refractivity contribution < 1.29 is 8.78 Å². The number of aromatic amines is 1. The Morgan fingerprint density at radius 1 is 0.611 bits per heavy atom. The molecule has 0 aliphatic heterocycles. The molecule has 6 heteroatoms. The number of halogens is 2. The van der Waals surface area contributed by atoms with Gasteiger partial charge in [-0.3, -0.25) is 0 Å². The maximum absolute atomic E-state index is 14.2. The minimum atomic E-state index is -0.929. The summed E-state index contributed by atoms with van der Waals surface area (Å²) in [6.07, 6.45) is 1.86. The fourth-order valence-electron chi connectivity index (χ4n) is 4.24. The van der Waals surface area contributed by atoms with Crippen molar-refractivity contribution in [3.63, 3.8) is 0 Å². The molecule has 0 fully saturated rings. The Morgan fingerprint density at radius 3 is 1.92 bits per heavy atom. The largest absolute Gasteiger partial charge is 0.337 e. The van der Waals surface area contributed by atoms with Gasteiger partial charge in [0.05, 0.1) is 22.6 Å². The first kappa shape index (κ1) is 21.7. The van der Waals surface area contributed by atoms with Gasteiger partial charge in [-0.1, -0.05) is 78.9 Å². The summed E-state index contributed by atoms with van der Waals surface area (Å²) < 4.78 is 29.6. The zero-order valence-electron chi connectivity index (χ0n) is 19.1. The van der Waals surface area contributed by atoms with Crippen LogP contribution in [0, 0.1) is 11.6 Å². The minimum absolute atomic E-state index is 0.456. The molecule has 1 N–H and O–H groups in total. The molecule has 6 aromatic rings. The quantitative estimate of drug-likeness (QED) is 0.281. The number of hydrogen-bond acceptors (Lipinski definition) is 2. The fraction of sp³-hybridized carbons (Fsp3) is 0. The molecular weight excluding hydrogens is 454 g/mol. The zero-order chi connectivity index (χ0) is 24.5. The van der Waals surface area contributed by atoms with E-state index in [1.807, 2.05) is 97.2 Å². The molecule has 0 radical (unpaired) electrons. The molecular formula is C30H20F2N4. The van der Waals surface area contributed by atoms with Crippen LogP contribution in [0.4, 0.5) is 8.78 Å². The highest BCUT2D eigenvalue weighted by Crippen LogP contribution is 2.37. The van der Waals surface area contributed by atoms with Crippen molar-refractivity contribution in [1.82, 2.24) is 19.7 Å². The lowest BCUT2D eigenvalue weighted by Gasteiger charge is -2.02. The molecule has 2 aromatic heterocycles. The molecule has 2 heterocycles. The van der Waals surface area contributed by atoms with Gasteiger partial charge in [0, 0.05) is 22.9 Å². The van der Waals surface area contributed by atoms with Crippen LogP contribution in [-0.2, 0) is 0 Å². The van der Waals surface area contributed by atoms with Gasteiger partial charge in [-0.2, -0.15) is 5.10 Å². The molecule has 0 saturated carbocycles. The molecule has 0 amide bonds. The van der Waals surface area contributed by atoms with Crippen molar-refractivity contribution in [2.24, 2.45) is 0 Å². The van der Waals surface area contributed by atoms with E-state index in [9.17, 15) is 8.78 Å². The van der Waals surface area contributed by atoms with Gasteiger partial charge < -0.3 is 4.98 Å². The van der Waals surface area contributed by atoms with E-state index in [4.69, 9.17) is 10.1 Å². The van der Waals surface area contributed by atoms with E-state index in [0.29, 0.717) is 22.6 Å². The van der Waals surface area contributed by atoms with E-state index in [1.165, 1.54) is 6.07 Å². The number of nitrogens with one attached hydrogen (secondary N) is 1. The lowest BCUT2D eigenvalue weighted by molar-refractivity contribution is 0.509. The summed E-state index contributed by atoms with van der Waals surface area (Å²) in [5.74, 6) is -1.25. The second-order valence-corrected chi connectivity index (χ2v) is 8.34. The van der Waals surface area contributed by atoms with Crippen molar-refractivity contribution in [3.8, 4) is 50.8 Å². The SMILES string of the molecule is Fc1ccc(-c2nn(-c3ccccc3)cc2-c2nc(-c3ccccc3)c(-c3ccccc3)[nH]2)cc1F. The van der Waals surface area contributed by atoms with Crippen LogP contribution in [0.2, 0.25) is 0 Å². The van der Waals surface area contributed by atoms with Crippen molar-refractivity contribution in [3.05, 3.63) is 127 Å². The van der Waals surface area contributed by atoms with E-state index in [-0.39, 0.29) is 0 Å². The molecule has 0 bridgehead atoms. The number of H-pyrrole nitrogens is 1. The Kier molecular flexibility index (Phi) is 5.46. The number of imidazole rings is 1. The number of nitrogens with zero attached hydrogens (tertiary/aromatic N) is 3. The molecule has 0 saturated heterocycles. The van der Waals surface area contributed by atoms with E-state index in [0.717, 1.165) is 40.3 Å². The highest BCUT2D eigenvalue weighted by molar-refractivity contribution is 5.84. The third-order valence-electron chi connectivity index (χ3n) is 6.00. The summed E-state index contributed by atoms with van der Waals surface area (Å²) in [5.41, 5.74) is 6.06. The Balaban J connectivity index is 1.58. The maximum atomic E-state index is 14.2. The van der Waals surface area contributed by atoms with Crippen LogP contribution >= 0.6 is 0 Å². The number of para-hydroxylation sites is 1. The van der Waals surface area contributed by atoms with E-state index < -0.39 is 11.6 Å². The van der Waals surface area contributed by atoms with Crippen LogP contribution in [0.25, 0.3) is 50.8 Å². The summed E-state index contributed by atoms with van der Waals surface area (Å²) in [7, 11) is 0. The van der Waals surface area contributed by atoms with Crippen molar-refractivity contribution in [2.45, 2.75) is 0 Å². The first-order valence-electron chi connectivity index (χ1n) is 11.5. The highest BCUT2D eigenvalue weighted by atomic mass is 19.2. The van der Waals surface area contributed by atoms with E-state index in [1.54, 1.807) is 4.68 Å². The predicted molar refractivity (Wildman–Crippen MR) is 137 cm³/mol. The second-order valence-electron chi connectivity index (χ2n) is 8.34. The Hall–Kier alpha value is -4.84. The van der Waals surface area contributed by atoms with E-state index >= 15 is 0 Å². The molecule has 0 unspecified atom stereocenters. The monoisotopic (exact) mass is 474 g/mol. The van der Waals surface area contributed by atoms with Crippen LogP contribution < -0.4 is 0 Å². The smallest absolute Gasteiger partial charge is 0.159 e. The summed E-state index contributed by atoms with van der Waals surface area (Å²) in [6, 6.07) is 33.3. The van der Waals surface area contributed by atoms with Crippen LogP contribution in [0.15, 0.2) is 115 Å². The highest BCUT2D eigenvalue weighted by Gasteiger charge is 2.21. The van der Waals surface area contributed by atoms with Gasteiger partial charge in [-0.15, -0.1) is 0 Å². The van der Waals surface area contributed by atoms with Gasteiger partial charge in [0.2, 0.25) is 0 Å². The Labute approximate surface area is 206 Å². The number of rotatable bonds is 5. The number of hydrogen-bond donors (Lipinski definition) is 1.